The van der Waals surface area contributed by atoms with Gasteiger partial charge in [-0.15, -0.1) is 0 Å². The van der Waals surface area contributed by atoms with Crippen molar-refractivity contribution < 1.29 is 18.7 Å². The van der Waals surface area contributed by atoms with Gasteiger partial charge in [0.25, 0.3) is 16.8 Å². The van der Waals surface area contributed by atoms with Gasteiger partial charge in [0.2, 0.25) is 0 Å². The van der Waals surface area contributed by atoms with Crippen molar-refractivity contribution in [2.75, 3.05) is 24.7 Å². The highest BCUT2D eigenvalue weighted by molar-refractivity contribution is 5.99. The number of phenolic OH excluding ortho intramolecular Hbond substituents is 1. The molecule has 1 amide bonds. The highest BCUT2D eigenvalue weighted by Crippen LogP contribution is 2.32. The highest BCUT2D eigenvalue weighted by Gasteiger charge is 2.24. The number of nitrogens with one attached hydrogen (secondary N) is 2. The van der Waals surface area contributed by atoms with E-state index >= 15 is 0 Å². The van der Waals surface area contributed by atoms with Crippen LogP contribution in [0.4, 0.5) is 31.5 Å². The summed E-state index contributed by atoms with van der Waals surface area (Å²) < 4.78 is 26.6. The lowest BCUT2D eigenvalue weighted by Gasteiger charge is -2.17. The smallest absolute Gasteiger partial charge is 0.257 e. The summed E-state index contributed by atoms with van der Waals surface area (Å²) >= 11 is 0. The number of hydrogen-bond acceptors (Lipinski definition) is 6. The van der Waals surface area contributed by atoms with E-state index in [-0.39, 0.29) is 28.3 Å². The van der Waals surface area contributed by atoms with Gasteiger partial charge in [-0.25, -0.2) is 8.78 Å². The van der Waals surface area contributed by atoms with Crippen molar-refractivity contribution in [3.8, 4) is 5.75 Å². The van der Waals surface area contributed by atoms with E-state index in [1.165, 1.54) is 37.2 Å². The molecule has 0 aliphatic rings. The van der Waals surface area contributed by atoms with Crippen molar-refractivity contribution in [2.24, 2.45) is 0 Å². The van der Waals surface area contributed by atoms with Crippen molar-refractivity contribution in [1.29, 1.82) is 0 Å². The molecule has 0 spiro atoms. The van der Waals surface area contributed by atoms with E-state index in [9.17, 15) is 28.3 Å². The molecule has 3 N–H and O–H groups in total. The molecular weight excluding hydrogens is 372 g/mol. The van der Waals surface area contributed by atoms with Crippen LogP contribution in [-0.4, -0.2) is 30.0 Å². The van der Waals surface area contributed by atoms with Crippen LogP contribution in [0.1, 0.15) is 10.4 Å². The fourth-order valence-corrected chi connectivity index (χ4v) is 2.59. The summed E-state index contributed by atoms with van der Waals surface area (Å²) in [5, 5.41) is 15.4. The number of rotatable bonds is 5. The van der Waals surface area contributed by atoms with Crippen LogP contribution in [0.3, 0.4) is 0 Å². The number of phenols is 1. The second kappa shape index (κ2) is 7.10. The number of carbonyl (C=O) groups excluding carboxylic acids is 1. The van der Waals surface area contributed by atoms with Crippen LogP contribution < -0.4 is 21.5 Å². The number of aromatic hydroxyl groups is 1. The summed E-state index contributed by atoms with van der Waals surface area (Å²) in [6.45, 7) is 0. The number of amides is 1. The standard InChI is InChI=1S/C19H15F2N3O4/c1-24(2)19(28)12-4-3-5-13(16(12)25)23-15-14(17(26)18(15)27)22-11-7-9(20)6-10(21)8-11/h3-8,22-23,25H,1-2H3. The normalized spacial score (nSPS) is 10.7. The van der Waals surface area contributed by atoms with Crippen LogP contribution >= 0.6 is 0 Å². The Bertz CT molecular complexity index is 1130. The Morgan fingerprint density at radius 1 is 0.964 bits per heavy atom. The number of nitrogens with zero attached hydrogens (tertiary/aromatic N) is 1. The first kappa shape index (κ1) is 19.0. The van der Waals surface area contributed by atoms with Crippen molar-refractivity contribution >= 4 is 28.7 Å². The van der Waals surface area contributed by atoms with Crippen molar-refractivity contribution in [2.45, 2.75) is 0 Å². The lowest BCUT2D eigenvalue weighted by molar-refractivity contribution is 0.0824. The van der Waals surface area contributed by atoms with E-state index in [0.717, 1.165) is 12.1 Å². The van der Waals surface area contributed by atoms with Gasteiger partial charge in [-0.2, -0.15) is 0 Å². The Labute approximate surface area is 157 Å². The molecular formula is C19H15F2N3O4. The largest absolute Gasteiger partial charge is 0.505 e. The predicted molar refractivity (Wildman–Crippen MR) is 100 cm³/mol. The van der Waals surface area contributed by atoms with Gasteiger partial charge in [-0.05, 0) is 24.3 Å². The molecule has 0 aliphatic carbocycles. The van der Waals surface area contributed by atoms with Gasteiger partial charge in [-0.3, -0.25) is 14.4 Å². The van der Waals surface area contributed by atoms with Crippen LogP contribution in [0.25, 0.3) is 0 Å². The maximum absolute atomic E-state index is 13.3. The monoisotopic (exact) mass is 387 g/mol. The lowest BCUT2D eigenvalue weighted by atomic mass is 10.1. The van der Waals surface area contributed by atoms with Gasteiger partial charge in [0.1, 0.15) is 23.0 Å². The van der Waals surface area contributed by atoms with Crippen LogP contribution in [0.2, 0.25) is 0 Å². The molecule has 0 aliphatic heterocycles. The zero-order valence-corrected chi connectivity index (χ0v) is 14.8. The molecule has 144 valence electrons. The Hall–Kier alpha value is -3.75. The first-order chi connectivity index (χ1) is 13.2. The lowest BCUT2D eigenvalue weighted by Crippen LogP contribution is -2.35. The topological polar surface area (TPSA) is 98.7 Å². The SMILES string of the molecule is CN(C)C(=O)c1cccc(Nc2c(Nc3cc(F)cc(F)c3)c(=O)c2=O)c1O. The molecule has 3 aromatic carbocycles. The van der Waals surface area contributed by atoms with Crippen LogP contribution in [0.15, 0.2) is 46.0 Å². The molecule has 3 aromatic rings. The third-order valence-corrected chi connectivity index (χ3v) is 3.97. The molecule has 0 unspecified atom stereocenters. The van der Waals surface area contributed by atoms with Gasteiger partial charge >= 0.3 is 0 Å². The minimum absolute atomic E-state index is 0.00425. The van der Waals surface area contributed by atoms with E-state index in [4.69, 9.17) is 0 Å². The van der Waals surface area contributed by atoms with Crippen molar-refractivity contribution in [1.82, 2.24) is 4.90 Å². The van der Waals surface area contributed by atoms with Gasteiger partial charge in [0.05, 0.1) is 11.3 Å². The average molecular weight is 387 g/mol. The Balaban J connectivity index is 1.94. The van der Waals surface area contributed by atoms with E-state index < -0.39 is 34.1 Å². The van der Waals surface area contributed by atoms with E-state index in [0.29, 0.717) is 6.07 Å². The van der Waals surface area contributed by atoms with Gasteiger partial charge in [0.15, 0.2) is 5.75 Å². The highest BCUT2D eigenvalue weighted by atomic mass is 19.1. The molecule has 28 heavy (non-hydrogen) atoms. The van der Waals surface area contributed by atoms with Crippen molar-refractivity contribution in [3.05, 3.63) is 74.0 Å². The van der Waals surface area contributed by atoms with Gasteiger partial charge in [0, 0.05) is 25.8 Å². The second-order valence-electron chi connectivity index (χ2n) is 6.22. The maximum Gasteiger partial charge on any atom is 0.257 e. The fourth-order valence-electron chi connectivity index (χ4n) is 2.59. The maximum atomic E-state index is 13.3. The summed E-state index contributed by atoms with van der Waals surface area (Å²) in [5.74, 6) is -2.58. The van der Waals surface area contributed by atoms with Crippen LogP contribution in [0, 0.1) is 11.6 Å². The summed E-state index contributed by atoms with van der Waals surface area (Å²) in [7, 11) is 3.03. The molecule has 0 saturated carbocycles. The third kappa shape index (κ3) is 3.41. The number of benzene rings is 2. The Morgan fingerprint density at radius 3 is 2.11 bits per heavy atom. The molecule has 0 saturated heterocycles. The van der Waals surface area contributed by atoms with Crippen LogP contribution in [-0.2, 0) is 0 Å². The summed E-state index contributed by atoms with van der Waals surface area (Å²) in [6.07, 6.45) is 0. The second-order valence-corrected chi connectivity index (χ2v) is 6.22. The first-order valence-electron chi connectivity index (χ1n) is 8.06. The average Bonchev–Trinajstić information content (AvgIpc) is 2.64. The first-order valence-corrected chi connectivity index (χ1v) is 8.06. The molecule has 0 heterocycles. The Morgan fingerprint density at radius 2 is 1.54 bits per heavy atom. The fraction of sp³-hybridized carbons (Fsp3) is 0.105. The summed E-state index contributed by atoms with van der Waals surface area (Å²) in [6, 6.07) is 6.87. The van der Waals surface area contributed by atoms with E-state index in [1.807, 2.05) is 0 Å². The minimum atomic E-state index is -0.882. The van der Waals surface area contributed by atoms with Gasteiger partial charge in [-0.1, -0.05) is 6.07 Å². The van der Waals surface area contributed by atoms with Crippen LogP contribution in [0.5, 0.6) is 5.75 Å². The Kier molecular flexibility index (Phi) is 4.83. The number of hydrogen-bond donors (Lipinski definition) is 3. The molecule has 7 nitrogen and oxygen atoms in total. The number of para-hydroxylation sites is 1. The third-order valence-electron chi connectivity index (χ3n) is 3.97. The number of anilines is 4. The molecule has 0 atom stereocenters. The molecule has 9 heteroatoms. The minimum Gasteiger partial charge on any atom is -0.505 e. The van der Waals surface area contributed by atoms with Crippen molar-refractivity contribution in [3.63, 3.8) is 0 Å². The molecule has 3 rings (SSSR count). The quantitative estimate of drug-likeness (QED) is 0.460. The molecule has 0 bridgehead atoms. The summed E-state index contributed by atoms with van der Waals surface area (Å²) in [4.78, 5) is 37.1. The van der Waals surface area contributed by atoms with E-state index in [1.54, 1.807) is 0 Å². The zero-order valence-electron chi connectivity index (χ0n) is 14.8. The molecule has 0 aromatic heterocycles. The summed E-state index contributed by atoms with van der Waals surface area (Å²) in [5.41, 5.74) is -2.20. The molecule has 0 fully saturated rings. The van der Waals surface area contributed by atoms with Gasteiger partial charge < -0.3 is 20.6 Å². The number of carbonyl (C=O) groups is 1. The predicted octanol–water partition coefficient (Wildman–Crippen LogP) is 2.46. The van der Waals surface area contributed by atoms with E-state index in [2.05, 4.69) is 10.6 Å². The molecule has 0 radical (unpaired) electrons. The zero-order chi connectivity index (χ0) is 20.6. The number of halogens is 2.